The lowest BCUT2D eigenvalue weighted by molar-refractivity contribution is 0.125. The van der Waals surface area contributed by atoms with Gasteiger partial charge in [-0.1, -0.05) is 30.3 Å². The number of methoxy groups -OCH3 is 1. The molecule has 0 amide bonds. The maximum atomic E-state index is 5.24. The summed E-state index contributed by atoms with van der Waals surface area (Å²) in [6, 6.07) is 13.4. The molecule has 3 rings (SSSR count). The third-order valence-electron chi connectivity index (χ3n) is 5.44. The first-order chi connectivity index (χ1) is 14.2. The fourth-order valence-electron chi connectivity index (χ4n) is 4.11. The van der Waals surface area contributed by atoms with Gasteiger partial charge in [0.2, 0.25) is 0 Å². The Labute approximate surface area is 202 Å². The topological polar surface area (TPSA) is 48.9 Å². The molecule has 1 saturated heterocycles. The number of likely N-dealkylation sites (tertiary alicyclic amines) is 1. The zero-order chi connectivity index (χ0) is 20.5. The Hall–Kier alpha value is -1.16. The number of guanidine groups is 1. The summed E-state index contributed by atoms with van der Waals surface area (Å²) in [5.41, 5.74) is 2.38. The molecule has 1 aliphatic heterocycles. The molecule has 1 aromatic heterocycles. The fourth-order valence-corrected chi connectivity index (χ4v) is 5.09. The number of hydrogen-bond acceptors (Lipinski definition) is 4. The normalized spacial score (nSPS) is 19.9. The summed E-state index contributed by atoms with van der Waals surface area (Å²) in [4.78, 5) is 8.79. The summed E-state index contributed by atoms with van der Waals surface area (Å²) in [6.45, 7) is 6.36. The van der Waals surface area contributed by atoms with E-state index in [0.717, 1.165) is 19.0 Å². The number of thiophene rings is 1. The van der Waals surface area contributed by atoms with Crippen LogP contribution >= 0.6 is 35.3 Å². The van der Waals surface area contributed by atoms with E-state index in [2.05, 4.69) is 71.3 Å². The zero-order valence-corrected chi connectivity index (χ0v) is 21.4. The van der Waals surface area contributed by atoms with E-state index >= 15 is 0 Å². The van der Waals surface area contributed by atoms with Crippen LogP contribution in [0.25, 0.3) is 0 Å². The molecular formula is C23H35IN4OS. The number of piperidine rings is 1. The number of halogens is 1. The molecule has 2 aromatic rings. The number of rotatable bonds is 8. The molecule has 0 bridgehead atoms. The highest BCUT2D eigenvalue weighted by Crippen LogP contribution is 2.36. The van der Waals surface area contributed by atoms with Crippen LogP contribution in [-0.4, -0.2) is 44.7 Å². The molecule has 2 unspecified atom stereocenters. The Bertz CT molecular complexity index is 768. The number of hydrogen-bond donors (Lipinski definition) is 2. The maximum Gasteiger partial charge on any atom is 0.191 e. The van der Waals surface area contributed by atoms with Crippen LogP contribution in [0.15, 0.2) is 46.8 Å². The molecule has 0 aliphatic carbocycles. The van der Waals surface area contributed by atoms with Crippen LogP contribution in [0.5, 0.6) is 0 Å². The average Bonchev–Trinajstić information content (AvgIpc) is 3.25. The van der Waals surface area contributed by atoms with Crippen LogP contribution in [0.1, 0.15) is 41.8 Å². The second kappa shape index (κ2) is 13.3. The van der Waals surface area contributed by atoms with Crippen molar-refractivity contribution < 1.29 is 4.74 Å². The number of aliphatic imine (C=N–C) groups is 1. The molecule has 166 valence electrons. The predicted octanol–water partition coefficient (Wildman–Crippen LogP) is 4.65. The average molecular weight is 543 g/mol. The SMILES string of the molecule is CCNC(=NCc1cccc(COC)c1)NCC1CCCN(C)C1c1cccs1.I. The summed E-state index contributed by atoms with van der Waals surface area (Å²) >= 11 is 1.87. The molecule has 7 heteroatoms. The van der Waals surface area contributed by atoms with Crippen molar-refractivity contribution in [3.05, 3.63) is 57.8 Å². The second-order valence-electron chi connectivity index (χ2n) is 7.67. The van der Waals surface area contributed by atoms with Crippen molar-refractivity contribution in [2.24, 2.45) is 10.9 Å². The van der Waals surface area contributed by atoms with Gasteiger partial charge in [0.15, 0.2) is 5.96 Å². The molecule has 1 fully saturated rings. The number of benzene rings is 1. The first kappa shape index (κ1) is 25.1. The highest BCUT2D eigenvalue weighted by Gasteiger charge is 2.31. The predicted molar refractivity (Wildman–Crippen MR) is 138 cm³/mol. The van der Waals surface area contributed by atoms with Crippen molar-refractivity contribution in [2.45, 2.75) is 39.0 Å². The van der Waals surface area contributed by atoms with Crippen LogP contribution in [0.4, 0.5) is 0 Å². The van der Waals surface area contributed by atoms with Crippen molar-refractivity contribution in [3.8, 4) is 0 Å². The van der Waals surface area contributed by atoms with Gasteiger partial charge < -0.3 is 15.4 Å². The van der Waals surface area contributed by atoms with Crippen LogP contribution in [-0.2, 0) is 17.9 Å². The molecular weight excluding hydrogens is 507 g/mol. The monoisotopic (exact) mass is 542 g/mol. The minimum atomic E-state index is 0. The minimum absolute atomic E-state index is 0. The van der Waals surface area contributed by atoms with E-state index in [4.69, 9.17) is 9.73 Å². The Balaban J connectivity index is 0.00000320. The van der Waals surface area contributed by atoms with Crippen LogP contribution in [0.3, 0.4) is 0 Å². The molecule has 1 aliphatic rings. The van der Waals surface area contributed by atoms with E-state index < -0.39 is 0 Å². The quantitative estimate of drug-likeness (QED) is 0.290. The molecule has 5 nitrogen and oxygen atoms in total. The van der Waals surface area contributed by atoms with E-state index in [0.29, 0.717) is 25.1 Å². The highest BCUT2D eigenvalue weighted by molar-refractivity contribution is 14.0. The Morgan fingerprint density at radius 3 is 2.80 bits per heavy atom. The van der Waals surface area contributed by atoms with Crippen molar-refractivity contribution in [1.29, 1.82) is 0 Å². The molecule has 0 radical (unpaired) electrons. The summed E-state index contributed by atoms with van der Waals surface area (Å²) in [5.74, 6) is 1.48. The van der Waals surface area contributed by atoms with Crippen LogP contribution in [0.2, 0.25) is 0 Å². The smallest absolute Gasteiger partial charge is 0.191 e. The molecule has 0 saturated carbocycles. The third-order valence-corrected chi connectivity index (χ3v) is 6.38. The van der Waals surface area contributed by atoms with Gasteiger partial charge in [-0.25, -0.2) is 4.99 Å². The lowest BCUT2D eigenvalue weighted by Gasteiger charge is -2.39. The van der Waals surface area contributed by atoms with Crippen LogP contribution in [0, 0.1) is 5.92 Å². The van der Waals surface area contributed by atoms with Crippen molar-refractivity contribution >= 4 is 41.3 Å². The summed E-state index contributed by atoms with van der Waals surface area (Å²) in [6.07, 6.45) is 2.50. The van der Waals surface area contributed by atoms with Gasteiger partial charge in [-0.2, -0.15) is 0 Å². The highest BCUT2D eigenvalue weighted by atomic mass is 127. The number of nitrogens with zero attached hydrogens (tertiary/aromatic N) is 2. The van der Waals surface area contributed by atoms with Gasteiger partial charge in [0.1, 0.15) is 0 Å². The van der Waals surface area contributed by atoms with E-state index in [-0.39, 0.29) is 24.0 Å². The lowest BCUT2D eigenvalue weighted by Crippen LogP contribution is -2.44. The van der Waals surface area contributed by atoms with E-state index in [1.807, 2.05) is 11.3 Å². The summed E-state index contributed by atoms with van der Waals surface area (Å²) < 4.78 is 5.24. The van der Waals surface area contributed by atoms with Gasteiger partial charge in [-0.05, 0) is 61.8 Å². The maximum absolute atomic E-state index is 5.24. The number of ether oxygens (including phenoxy) is 1. The Morgan fingerprint density at radius 1 is 1.23 bits per heavy atom. The van der Waals surface area contributed by atoms with Gasteiger partial charge in [0.05, 0.1) is 13.2 Å². The molecule has 0 spiro atoms. The Kier molecular flexibility index (Phi) is 11.1. The molecule has 2 atom stereocenters. The van der Waals surface area contributed by atoms with E-state index in [1.54, 1.807) is 7.11 Å². The largest absolute Gasteiger partial charge is 0.380 e. The zero-order valence-electron chi connectivity index (χ0n) is 18.3. The fraction of sp³-hybridized carbons (Fsp3) is 0.522. The van der Waals surface area contributed by atoms with Gasteiger partial charge in [-0.3, -0.25) is 4.90 Å². The molecule has 2 heterocycles. The van der Waals surface area contributed by atoms with Crippen molar-refractivity contribution in [1.82, 2.24) is 15.5 Å². The standard InChI is InChI=1S/C23H34N4OS.HI/c1-4-24-23(25-15-18-8-5-9-19(14-18)17-28-3)26-16-20-10-6-12-27(2)22(20)21-11-7-13-29-21;/h5,7-9,11,13-14,20,22H,4,6,10,12,15-17H2,1-3H3,(H2,24,25,26);1H. The van der Waals surface area contributed by atoms with Crippen LogP contribution < -0.4 is 10.6 Å². The van der Waals surface area contributed by atoms with E-state index in [9.17, 15) is 0 Å². The second-order valence-corrected chi connectivity index (χ2v) is 8.65. The molecule has 30 heavy (non-hydrogen) atoms. The lowest BCUT2D eigenvalue weighted by atomic mass is 9.88. The van der Waals surface area contributed by atoms with Crippen molar-refractivity contribution in [2.75, 3.05) is 33.8 Å². The Morgan fingerprint density at radius 2 is 2.07 bits per heavy atom. The van der Waals surface area contributed by atoms with E-state index in [1.165, 1.54) is 35.4 Å². The first-order valence-electron chi connectivity index (χ1n) is 10.5. The van der Waals surface area contributed by atoms with Gasteiger partial charge in [0, 0.05) is 31.1 Å². The minimum Gasteiger partial charge on any atom is -0.380 e. The first-order valence-corrected chi connectivity index (χ1v) is 11.4. The van der Waals surface area contributed by atoms with Gasteiger partial charge >= 0.3 is 0 Å². The number of nitrogens with one attached hydrogen (secondary N) is 2. The third kappa shape index (κ3) is 7.21. The van der Waals surface area contributed by atoms with Crippen molar-refractivity contribution in [3.63, 3.8) is 0 Å². The van der Waals surface area contributed by atoms with Gasteiger partial charge in [0.25, 0.3) is 0 Å². The molecule has 2 N–H and O–H groups in total. The summed E-state index contributed by atoms with van der Waals surface area (Å²) in [7, 11) is 3.98. The summed E-state index contributed by atoms with van der Waals surface area (Å²) in [5, 5.41) is 9.19. The van der Waals surface area contributed by atoms with Gasteiger partial charge in [-0.15, -0.1) is 35.3 Å². The molecule has 1 aromatic carbocycles.